The van der Waals surface area contributed by atoms with Crippen molar-refractivity contribution in [3.05, 3.63) is 40.4 Å². The zero-order valence-corrected chi connectivity index (χ0v) is 14.4. The fourth-order valence-corrected chi connectivity index (χ4v) is 3.10. The van der Waals surface area contributed by atoms with Crippen LogP contribution < -0.4 is 15.8 Å². The SMILES string of the molecule is Cc1ccc(=O)n(C2CCC(Nc3nccc(N(C)C)n3)CC2)n1. The van der Waals surface area contributed by atoms with E-state index in [4.69, 9.17) is 0 Å². The first kappa shape index (κ1) is 16.4. The summed E-state index contributed by atoms with van der Waals surface area (Å²) in [6.07, 6.45) is 5.58. The molecule has 0 aliphatic heterocycles. The minimum atomic E-state index is -0.0148. The van der Waals surface area contributed by atoms with Crippen LogP contribution in [0.5, 0.6) is 0 Å². The lowest BCUT2D eigenvalue weighted by molar-refractivity contribution is 0.302. The summed E-state index contributed by atoms with van der Waals surface area (Å²) in [4.78, 5) is 22.8. The molecule has 0 amide bonds. The molecule has 2 heterocycles. The number of hydrogen-bond acceptors (Lipinski definition) is 6. The van der Waals surface area contributed by atoms with Crippen molar-refractivity contribution in [2.24, 2.45) is 0 Å². The summed E-state index contributed by atoms with van der Waals surface area (Å²) in [5.74, 6) is 1.55. The van der Waals surface area contributed by atoms with Crippen LogP contribution in [0.15, 0.2) is 29.2 Å². The Hall–Kier alpha value is -2.44. The zero-order valence-electron chi connectivity index (χ0n) is 14.4. The molecule has 1 aliphatic carbocycles. The molecule has 0 atom stereocenters. The molecule has 7 heteroatoms. The first-order valence-electron chi connectivity index (χ1n) is 8.36. The molecule has 2 aromatic heterocycles. The smallest absolute Gasteiger partial charge is 0.267 e. The van der Waals surface area contributed by atoms with E-state index in [0.717, 1.165) is 37.2 Å². The third kappa shape index (κ3) is 3.72. The van der Waals surface area contributed by atoms with Gasteiger partial charge < -0.3 is 10.2 Å². The van der Waals surface area contributed by atoms with Crippen molar-refractivity contribution >= 4 is 11.8 Å². The zero-order chi connectivity index (χ0) is 17.1. The largest absolute Gasteiger partial charge is 0.363 e. The highest BCUT2D eigenvalue weighted by atomic mass is 16.1. The van der Waals surface area contributed by atoms with E-state index in [1.165, 1.54) is 0 Å². The van der Waals surface area contributed by atoms with Crippen molar-refractivity contribution < 1.29 is 0 Å². The van der Waals surface area contributed by atoms with Gasteiger partial charge in [-0.15, -0.1) is 0 Å². The summed E-state index contributed by atoms with van der Waals surface area (Å²) in [7, 11) is 3.92. The number of rotatable bonds is 4. The number of nitrogens with zero attached hydrogens (tertiary/aromatic N) is 5. The van der Waals surface area contributed by atoms with Crippen LogP contribution in [0.2, 0.25) is 0 Å². The molecule has 1 saturated carbocycles. The summed E-state index contributed by atoms with van der Waals surface area (Å²) >= 11 is 0. The van der Waals surface area contributed by atoms with Gasteiger partial charge in [-0.25, -0.2) is 9.67 Å². The van der Waals surface area contributed by atoms with Crippen molar-refractivity contribution in [3.8, 4) is 0 Å². The standard InChI is InChI=1S/C17H24N6O/c1-12-4-9-16(24)23(21-12)14-7-5-13(6-8-14)19-17-18-11-10-15(20-17)22(2)3/h4,9-11,13-14H,5-8H2,1-3H3,(H,18,19,20). The minimum Gasteiger partial charge on any atom is -0.363 e. The lowest BCUT2D eigenvalue weighted by Gasteiger charge is -2.29. The van der Waals surface area contributed by atoms with E-state index < -0.39 is 0 Å². The number of hydrogen-bond donors (Lipinski definition) is 1. The number of anilines is 2. The van der Waals surface area contributed by atoms with Crippen LogP contribution in [0.4, 0.5) is 11.8 Å². The maximum Gasteiger partial charge on any atom is 0.267 e. The van der Waals surface area contributed by atoms with Crippen LogP contribution in [-0.4, -0.2) is 39.9 Å². The van der Waals surface area contributed by atoms with E-state index in [1.807, 2.05) is 32.0 Å². The van der Waals surface area contributed by atoms with Crippen molar-refractivity contribution in [3.63, 3.8) is 0 Å². The Kier molecular flexibility index (Phi) is 4.78. The molecule has 24 heavy (non-hydrogen) atoms. The second-order valence-electron chi connectivity index (χ2n) is 6.54. The Bertz CT molecular complexity index is 749. The van der Waals surface area contributed by atoms with Crippen LogP contribution in [-0.2, 0) is 0 Å². The molecule has 0 aromatic carbocycles. The third-order valence-corrected chi connectivity index (χ3v) is 4.43. The second kappa shape index (κ2) is 6.98. The van der Waals surface area contributed by atoms with E-state index in [0.29, 0.717) is 12.0 Å². The third-order valence-electron chi connectivity index (χ3n) is 4.43. The first-order valence-corrected chi connectivity index (χ1v) is 8.36. The van der Waals surface area contributed by atoms with Crippen LogP contribution in [0, 0.1) is 6.92 Å². The fraction of sp³-hybridized carbons (Fsp3) is 0.529. The lowest BCUT2D eigenvalue weighted by Crippen LogP contribution is -2.33. The van der Waals surface area contributed by atoms with Gasteiger partial charge in [-0.3, -0.25) is 4.79 Å². The van der Waals surface area contributed by atoms with E-state index >= 15 is 0 Å². The molecule has 0 spiro atoms. The normalized spacial score (nSPS) is 20.6. The van der Waals surface area contributed by atoms with E-state index in [9.17, 15) is 4.79 Å². The molecule has 0 radical (unpaired) electrons. The average molecular weight is 328 g/mol. The molecule has 0 unspecified atom stereocenters. The van der Waals surface area contributed by atoms with E-state index in [2.05, 4.69) is 20.4 Å². The Morgan fingerprint density at radius 1 is 1.17 bits per heavy atom. The summed E-state index contributed by atoms with van der Waals surface area (Å²) < 4.78 is 1.65. The fourth-order valence-electron chi connectivity index (χ4n) is 3.10. The van der Waals surface area contributed by atoms with Gasteiger partial charge in [0.15, 0.2) is 0 Å². The predicted octanol–water partition coefficient (Wildman–Crippen LogP) is 2.00. The molecule has 7 nitrogen and oxygen atoms in total. The average Bonchev–Trinajstić information content (AvgIpc) is 2.58. The molecule has 2 aromatic rings. The highest BCUT2D eigenvalue weighted by Gasteiger charge is 2.24. The Morgan fingerprint density at radius 3 is 2.62 bits per heavy atom. The van der Waals surface area contributed by atoms with Crippen LogP contribution in [0.25, 0.3) is 0 Å². The Morgan fingerprint density at radius 2 is 1.92 bits per heavy atom. The van der Waals surface area contributed by atoms with Gasteiger partial charge >= 0.3 is 0 Å². The lowest BCUT2D eigenvalue weighted by atomic mass is 9.91. The van der Waals surface area contributed by atoms with Gasteiger partial charge in [-0.05, 0) is 44.7 Å². The predicted molar refractivity (Wildman–Crippen MR) is 94.5 cm³/mol. The van der Waals surface area contributed by atoms with Crippen molar-refractivity contribution in [1.29, 1.82) is 0 Å². The number of nitrogens with one attached hydrogen (secondary N) is 1. The maximum absolute atomic E-state index is 12.0. The molecular weight excluding hydrogens is 304 g/mol. The Balaban J connectivity index is 1.62. The Labute approximate surface area is 141 Å². The first-order chi connectivity index (χ1) is 11.5. The van der Waals surface area contributed by atoms with Gasteiger partial charge in [0.1, 0.15) is 5.82 Å². The summed E-state index contributed by atoms with van der Waals surface area (Å²) in [5.41, 5.74) is 0.864. The number of aryl methyl sites for hydroxylation is 1. The summed E-state index contributed by atoms with van der Waals surface area (Å²) in [5, 5.41) is 7.81. The van der Waals surface area contributed by atoms with Gasteiger partial charge in [-0.1, -0.05) is 0 Å². The molecule has 128 valence electrons. The topological polar surface area (TPSA) is 75.9 Å². The molecule has 1 fully saturated rings. The van der Waals surface area contributed by atoms with Crippen LogP contribution in [0.1, 0.15) is 37.4 Å². The van der Waals surface area contributed by atoms with Crippen LogP contribution in [0.3, 0.4) is 0 Å². The van der Waals surface area contributed by atoms with Gasteiger partial charge in [0.2, 0.25) is 5.95 Å². The highest BCUT2D eigenvalue weighted by molar-refractivity contribution is 5.41. The molecule has 0 bridgehead atoms. The van der Waals surface area contributed by atoms with Gasteiger partial charge in [0.05, 0.1) is 11.7 Å². The van der Waals surface area contributed by atoms with Gasteiger partial charge in [0.25, 0.3) is 5.56 Å². The van der Waals surface area contributed by atoms with Gasteiger partial charge in [-0.2, -0.15) is 10.1 Å². The molecule has 3 rings (SSSR count). The number of aromatic nitrogens is 4. The van der Waals surface area contributed by atoms with Crippen molar-refractivity contribution in [2.45, 2.75) is 44.7 Å². The van der Waals surface area contributed by atoms with E-state index in [1.54, 1.807) is 23.0 Å². The molecule has 0 saturated heterocycles. The van der Waals surface area contributed by atoms with Crippen molar-refractivity contribution in [2.75, 3.05) is 24.3 Å². The van der Waals surface area contributed by atoms with Gasteiger partial charge in [0, 0.05) is 32.4 Å². The molecule has 1 N–H and O–H groups in total. The van der Waals surface area contributed by atoms with E-state index in [-0.39, 0.29) is 11.6 Å². The van der Waals surface area contributed by atoms with Crippen LogP contribution >= 0.6 is 0 Å². The molecular formula is C17H24N6O. The minimum absolute atomic E-state index is 0.0148. The quantitative estimate of drug-likeness (QED) is 0.925. The summed E-state index contributed by atoms with van der Waals surface area (Å²) in [6.45, 7) is 1.91. The highest BCUT2D eigenvalue weighted by Crippen LogP contribution is 2.28. The summed E-state index contributed by atoms with van der Waals surface area (Å²) in [6, 6.07) is 5.77. The maximum atomic E-state index is 12.0. The monoisotopic (exact) mass is 328 g/mol. The molecule has 1 aliphatic rings. The second-order valence-corrected chi connectivity index (χ2v) is 6.54. The van der Waals surface area contributed by atoms with Crippen molar-refractivity contribution in [1.82, 2.24) is 19.7 Å².